The first-order chi connectivity index (χ1) is 7.63. The molecule has 0 fully saturated rings. The third-order valence-corrected chi connectivity index (χ3v) is 2.44. The van der Waals surface area contributed by atoms with Gasteiger partial charge < -0.3 is 20.8 Å². The van der Waals surface area contributed by atoms with Gasteiger partial charge in [-0.2, -0.15) is 0 Å². The molecule has 16 heavy (non-hydrogen) atoms. The van der Waals surface area contributed by atoms with Crippen molar-refractivity contribution in [2.45, 2.75) is 26.4 Å². The van der Waals surface area contributed by atoms with Crippen molar-refractivity contribution in [3.05, 3.63) is 18.7 Å². The van der Waals surface area contributed by atoms with Crippen LogP contribution < -0.4 is 11.1 Å². The number of aromatic nitrogens is 2. The first-order valence-corrected chi connectivity index (χ1v) is 5.30. The maximum atomic E-state index is 8.50. The summed E-state index contributed by atoms with van der Waals surface area (Å²) in [4.78, 5) is 3.97. The topological polar surface area (TPSA) is 88.5 Å². The lowest BCUT2D eigenvalue weighted by Gasteiger charge is -2.17. The molecule has 1 aromatic heterocycles. The van der Waals surface area contributed by atoms with Crippen LogP contribution in [0.15, 0.2) is 23.9 Å². The van der Waals surface area contributed by atoms with Crippen LogP contribution in [0.3, 0.4) is 0 Å². The van der Waals surface area contributed by atoms with Crippen molar-refractivity contribution < 1.29 is 5.21 Å². The largest absolute Gasteiger partial charge is 0.409 e. The lowest BCUT2D eigenvalue weighted by molar-refractivity contribution is 0.313. The van der Waals surface area contributed by atoms with Gasteiger partial charge in [-0.05, 0) is 6.92 Å². The van der Waals surface area contributed by atoms with Gasteiger partial charge in [-0.1, -0.05) is 12.1 Å². The predicted octanol–water partition coefficient (Wildman–Crippen LogP) is 0.244. The van der Waals surface area contributed by atoms with Crippen molar-refractivity contribution in [2.24, 2.45) is 16.8 Å². The Hall–Kier alpha value is -1.56. The number of hydrogen-bond acceptors (Lipinski definition) is 4. The summed E-state index contributed by atoms with van der Waals surface area (Å²) in [5.41, 5.74) is 5.48. The molecule has 0 aromatic carbocycles. The van der Waals surface area contributed by atoms with Crippen LogP contribution >= 0.6 is 0 Å². The van der Waals surface area contributed by atoms with Crippen LogP contribution in [-0.4, -0.2) is 33.2 Å². The van der Waals surface area contributed by atoms with E-state index in [-0.39, 0.29) is 11.8 Å². The number of hydrogen-bond donors (Lipinski definition) is 3. The summed E-state index contributed by atoms with van der Waals surface area (Å²) in [6.45, 7) is 5.53. The number of amidine groups is 1. The van der Waals surface area contributed by atoms with Crippen molar-refractivity contribution in [1.82, 2.24) is 14.9 Å². The van der Waals surface area contributed by atoms with Gasteiger partial charge in [0.1, 0.15) is 5.84 Å². The Morgan fingerprint density at radius 1 is 1.62 bits per heavy atom. The molecule has 1 aromatic rings. The van der Waals surface area contributed by atoms with Gasteiger partial charge in [-0.3, -0.25) is 0 Å². The summed E-state index contributed by atoms with van der Waals surface area (Å²) >= 11 is 0. The smallest absolute Gasteiger partial charge is 0.143 e. The van der Waals surface area contributed by atoms with Crippen molar-refractivity contribution >= 4 is 5.84 Å². The first kappa shape index (κ1) is 12.5. The Labute approximate surface area is 95.2 Å². The fraction of sp³-hybridized carbons (Fsp3) is 0.600. The second kappa shape index (κ2) is 6.12. The Balaban J connectivity index is 2.27. The highest BCUT2D eigenvalue weighted by Crippen LogP contribution is 1.96. The van der Waals surface area contributed by atoms with E-state index >= 15 is 0 Å². The lowest BCUT2D eigenvalue weighted by Crippen LogP contribution is -2.37. The maximum absolute atomic E-state index is 8.50. The molecule has 6 nitrogen and oxygen atoms in total. The minimum absolute atomic E-state index is 0.0234. The zero-order valence-electron chi connectivity index (χ0n) is 9.67. The van der Waals surface area contributed by atoms with Crippen molar-refractivity contribution in [3.8, 4) is 0 Å². The van der Waals surface area contributed by atoms with Crippen LogP contribution in [-0.2, 0) is 6.54 Å². The average molecular weight is 225 g/mol. The van der Waals surface area contributed by atoms with Gasteiger partial charge in [-0.25, -0.2) is 4.98 Å². The Bertz CT molecular complexity index is 322. The zero-order chi connectivity index (χ0) is 12.0. The number of nitrogens with zero attached hydrogens (tertiary/aromatic N) is 3. The van der Waals surface area contributed by atoms with E-state index in [0.717, 1.165) is 6.54 Å². The van der Waals surface area contributed by atoms with E-state index < -0.39 is 0 Å². The molecular weight excluding hydrogens is 206 g/mol. The molecule has 0 aliphatic rings. The fourth-order valence-corrected chi connectivity index (χ4v) is 1.36. The van der Waals surface area contributed by atoms with E-state index in [1.807, 2.05) is 17.7 Å². The summed E-state index contributed by atoms with van der Waals surface area (Å²) in [6.07, 6.45) is 5.46. The van der Waals surface area contributed by atoms with Crippen LogP contribution in [0.2, 0.25) is 0 Å². The van der Waals surface area contributed by atoms with E-state index in [2.05, 4.69) is 22.4 Å². The maximum Gasteiger partial charge on any atom is 0.143 e. The predicted molar refractivity (Wildman–Crippen MR) is 62.3 cm³/mol. The monoisotopic (exact) mass is 225 g/mol. The Morgan fingerprint density at radius 2 is 2.38 bits per heavy atom. The second-order valence-electron chi connectivity index (χ2n) is 3.99. The van der Waals surface area contributed by atoms with Crippen molar-refractivity contribution in [1.29, 1.82) is 0 Å². The molecule has 1 heterocycles. The molecule has 0 aliphatic heterocycles. The third kappa shape index (κ3) is 3.90. The molecule has 0 aliphatic carbocycles. The number of nitrogens with one attached hydrogen (secondary N) is 1. The van der Waals surface area contributed by atoms with Crippen LogP contribution in [0, 0.1) is 5.92 Å². The molecule has 0 bridgehead atoms. The van der Waals surface area contributed by atoms with E-state index in [4.69, 9.17) is 10.9 Å². The highest BCUT2D eigenvalue weighted by molar-refractivity contribution is 5.82. The first-order valence-electron chi connectivity index (χ1n) is 5.30. The molecular formula is C10H19N5O. The zero-order valence-corrected chi connectivity index (χ0v) is 9.67. The minimum atomic E-state index is 0.0234. The van der Waals surface area contributed by atoms with E-state index in [1.54, 1.807) is 12.5 Å². The fourth-order valence-electron chi connectivity index (χ4n) is 1.36. The van der Waals surface area contributed by atoms with Crippen molar-refractivity contribution in [3.63, 3.8) is 0 Å². The molecule has 0 saturated carbocycles. The van der Waals surface area contributed by atoms with Crippen molar-refractivity contribution in [2.75, 3.05) is 6.54 Å². The van der Waals surface area contributed by atoms with Gasteiger partial charge in [-0.15, -0.1) is 0 Å². The number of nitrogens with two attached hydrogens (primary N) is 1. The Kier molecular flexibility index (Phi) is 4.78. The van der Waals surface area contributed by atoms with Crippen LogP contribution in [0.25, 0.3) is 0 Å². The standard InChI is InChI=1S/C10H19N5O/c1-8(10(11)14-16)5-13-9(2)6-15-4-3-12-7-15/h3-4,7-9,13,16H,5-6H2,1-2H3,(H2,11,14). The SMILES string of the molecule is CC(Cn1ccnc1)NCC(C)C(N)=NO. The summed E-state index contributed by atoms with van der Waals surface area (Å²) in [7, 11) is 0. The number of rotatable bonds is 6. The molecule has 2 unspecified atom stereocenters. The number of imidazole rings is 1. The van der Waals surface area contributed by atoms with Gasteiger partial charge >= 0.3 is 0 Å². The molecule has 2 atom stereocenters. The minimum Gasteiger partial charge on any atom is -0.409 e. The summed E-state index contributed by atoms with van der Waals surface area (Å²) in [5.74, 6) is 0.276. The highest BCUT2D eigenvalue weighted by Gasteiger charge is 2.09. The average Bonchev–Trinajstić information content (AvgIpc) is 2.77. The number of oxime groups is 1. The van der Waals surface area contributed by atoms with Gasteiger partial charge in [0.25, 0.3) is 0 Å². The Morgan fingerprint density at radius 3 is 2.94 bits per heavy atom. The molecule has 1 rings (SSSR count). The van der Waals surface area contributed by atoms with E-state index in [1.165, 1.54) is 0 Å². The highest BCUT2D eigenvalue weighted by atomic mass is 16.4. The molecule has 6 heteroatoms. The van der Waals surface area contributed by atoms with E-state index in [0.29, 0.717) is 12.6 Å². The summed E-state index contributed by atoms with van der Waals surface area (Å²) in [6, 6.07) is 0.308. The molecule has 90 valence electrons. The summed E-state index contributed by atoms with van der Waals surface area (Å²) in [5, 5.41) is 14.8. The lowest BCUT2D eigenvalue weighted by atomic mass is 10.1. The van der Waals surface area contributed by atoms with Gasteiger partial charge in [0.15, 0.2) is 0 Å². The quantitative estimate of drug-likeness (QED) is 0.280. The normalized spacial score (nSPS) is 16.0. The van der Waals surface area contributed by atoms with Gasteiger partial charge in [0.2, 0.25) is 0 Å². The third-order valence-electron chi connectivity index (χ3n) is 2.44. The molecule has 0 amide bonds. The molecule has 4 N–H and O–H groups in total. The second-order valence-corrected chi connectivity index (χ2v) is 3.99. The molecule has 0 saturated heterocycles. The van der Waals surface area contributed by atoms with Gasteiger partial charge in [0.05, 0.1) is 6.33 Å². The van der Waals surface area contributed by atoms with Crippen LogP contribution in [0.5, 0.6) is 0 Å². The molecule has 0 spiro atoms. The van der Waals surface area contributed by atoms with Gasteiger partial charge in [0, 0.05) is 37.4 Å². The van der Waals surface area contributed by atoms with E-state index in [9.17, 15) is 0 Å². The van der Waals surface area contributed by atoms with Crippen LogP contribution in [0.4, 0.5) is 0 Å². The molecule has 0 radical (unpaired) electrons. The summed E-state index contributed by atoms with van der Waals surface area (Å²) < 4.78 is 2.01. The van der Waals surface area contributed by atoms with Crippen LogP contribution in [0.1, 0.15) is 13.8 Å².